The maximum Gasteiger partial charge on any atom is 0.302 e. The third-order valence-electron chi connectivity index (χ3n) is 13.6. The Morgan fingerprint density at radius 2 is 1.87 bits per heavy atom. The number of rotatable bonds is 10. The zero-order chi connectivity index (χ0) is 41.5. The summed E-state index contributed by atoms with van der Waals surface area (Å²) in [6.45, 7) is 2.73. The number of nitrogens with one attached hydrogen (secondary N) is 2. The summed E-state index contributed by atoms with van der Waals surface area (Å²) < 4.78 is 25.8. The summed E-state index contributed by atoms with van der Waals surface area (Å²) >= 11 is 0. The number of aromatic hydroxyl groups is 2. The highest BCUT2D eigenvalue weighted by Gasteiger charge is 2.51. The second kappa shape index (κ2) is 16.5. The highest BCUT2D eigenvalue weighted by Crippen LogP contribution is 2.62. The smallest absolute Gasteiger partial charge is 0.302 e. The zero-order valence-electron chi connectivity index (χ0n) is 34.9. The number of anilines is 1. The maximum absolute atomic E-state index is 12.5. The van der Waals surface area contributed by atoms with Gasteiger partial charge in [0.25, 0.3) is 0 Å². The van der Waals surface area contributed by atoms with E-state index in [4.69, 9.17) is 29.7 Å². The molecule has 5 aliphatic rings. The number of carbonyl (C=O) groups is 1. The largest absolute Gasteiger partial charge is 0.508 e. The summed E-state index contributed by atoms with van der Waals surface area (Å²) in [6, 6.07) is 15.9. The lowest BCUT2D eigenvalue weighted by Gasteiger charge is -2.39. The molecule has 0 amide bonds. The number of ether oxygens (including phenoxy) is 4. The van der Waals surface area contributed by atoms with E-state index in [1.54, 1.807) is 19.2 Å². The average molecular weight is 813 g/mol. The minimum atomic E-state index is -0.600. The molecule has 0 unspecified atom stereocenters. The minimum Gasteiger partial charge on any atom is -0.508 e. The summed E-state index contributed by atoms with van der Waals surface area (Å²) in [7, 11) is 3.54. The summed E-state index contributed by atoms with van der Waals surface area (Å²) in [5, 5.41) is 29.6. The second-order valence-electron chi connectivity index (χ2n) is 17.6. The van der Waals surface area contributed by atoms with E-state index in [-0.39, 0.29) is 47.9 Å². The van der Waals surface area contributed by atoms with Crippen LogP contribution in [0.25, 0.3) is 11.1 Å². The number of pyridine rings is 1. The van der Waals surface area contributed by atoms with Crippen LogP contribution in [-0.4, -0.2) is 67.2 Å². The van der Waals surface area contributed by atoms with Gasteiger partial charge < -0.3 is 45.5 Å². The first-order chi connectivity index (χ1) is 29.1. The quantitative estimate of drug-likeness (QED) is 0.0818. The van der Waals surface area contributed by atoms with Crippen molar-refractivity contribution in [2.24, 2.45) is 5.92 Å². The Hall–Kier alpha value is -5.44. The van der Waals surface area contributed by atoms with Gasteiger partial charge in [0.2, 0.25) is 0 Å². The molecule has 314 valence electrons. The lowest BCUT2D eigenvalue weighted by molar-refractivity contribution is -0.141. The van der Waals surface area contributed by atoms with E-state index >= 15 is 0 Å². The van der Waals surface area contributed by atoms with Gasteiger partial charge in [0.15, 0.2) is 11.5 Å². The SMILES string of the molecule is CNC[C@H](CNC1CCCCC1)Oc1cc2c(cc1O)CC#Cc1nc(N)ccc1C[C@H]1CC[C@]3(Cc4cc(O)cc(OC)c4-c4ccc5c(c43)O[C@H]2[C@H]5COC(C)=O)C1. The third-order valence-corrected chi connectivity index (χ3v) is 13.6. The lowest BCUT2D eigenvalue weighted by Crippen LogP contribution is -2.43. The topological polar surface area (TPSA) is 157 Å². The number of esters is 1. The van der Waals surface area contributed by atoms with Crippen molar-refractivity contribution in [1.82, 2.24) is 15.6 Å². The number of hydrogen-bond acceptors (Lipinski definition) is 11. The summed E-state index contributed by atoms with van der Waals surface area (Å²) in [5.74, 6) is 8.70. The number of nitrogens with two attached hydrogens (primary N) is 1. The van der Waals surface area contributed by atoms with Gasteiger partial charge in [-0.2, -0.15) is 0 Å². The fourth-order valence-electron chi connectivity index (χ4n) is 10.9. The molecule has 2 aliphatic heterocycles. The highest BCUT2D eigenvalue weighted by atomic mass is 16.5. The molecule has 3 heterocycles. The Morgan fingerprint density at radius 3 is 2.67 bits per heavy atom. The predicted octanol–water partition coefficient (Wildman–Crippen LogP) is 7.16. The molecular weight excluding hydrogens is 757 g/mol. The molecule has 1 aromatic heterocycles. The van der Waals surface area contributed by atoms with Crippen LogP contribution >= 0.6 is 0 Å². The molecule has 1 spiro atoms. The van der Waals surface area contributed by atoms with Gasteiger partial charge in [-0.05, 0) is 110 Å². The molecule has 4 aromatic rings. The fourth-order valence-corrected chi connectivity index (χ4v) is 10.9. The molecular formula is C49H56N4O7. The lowest BCUT2D eigenvalue weighted by atomic mass is 9.65. The average Bonchev–Trinajstić information content (AvgIpc) is 3.81. The number of nitrogen functional groups attached to an aromatic ring is 1. The Labute approximate surface area is 352 Å². The van der Waals surface area contributed by atoms with E-state index in [9.17, 15) is 15.0 Å². The number of phenolic OH excluding ortho intramolecular Hbond substituents is 2. The monoisotopic (exact) mass is 812 g/mol. The molecule has 11 heteroatoms. The van der Waals surface area contributed by atoms with Crippen molar-refractivity contribution in [2.75, 3.05) is 39.6 Å². The van der Waals surface area contributed by atoms with Gasteiger partial charge in [-0.25, -0.2) is 4.98 Å². The first-order valence-corrected chi connectivity index (χ1v) is 21.7. The fraction of sp³-hybridized carbons (Fsp3) is 0.469. The zero-order valence-corrected chi connectivity index (χ0v) is 34.9. The molecule has 11 nitrogen and oxygen atoms in total. The number of aromatic nitrogens is 1. The van der Waals surface area contributed by atoms with Crippen molar-refractivity contribution >= 4 is 11.8 Å². The van der Waals surface area contributed by atoms with Crippen LogP contribution in [0, 0.1) is 17.8 Å². The third kappa shape index (κ3) is 7.60. The molecule has 60 heavy (non-hydrogen) atoms. The van der Waals surface area contributed by atoms with Crippen molar-refractivity contribution in [3.8, 4) is 51.7 Å². The van der Waals surface area contributed by atoms with Gasteiger partial charge in [0.1, 0.15) is 47.6 Å². The van der Waals surface area contributed by atoms with Crippen LogP contribution in [0.1, 0.15) is 109 Å². The van der Waals surface area contributed by atoms with Crippen LogP contribution < -0.4 is 30.6 Å². The number of carbonyl (C=O) groups excluding carboxylic acids is 1. The molecule has 6 N–H and O–H groups in total. The van der Waals surface area contributed by atoms with E-state index in [0.717, 1.165) is 88.8 Å². The van der Waals surface area contributed by atoms with Gasteiger partial charge in [-0.15, -0.1) is 0 Å². The highest BCUT2D eigenvalue weighted by molar-refractivity contribution is 5.84. The van der Waals surface area contributed by atoms with E-state index in [1.807, 2.05) is 25.2 Å². The summed E-state index contributed by atoms with van der Waals surface area (Å²) in [4.78, 5) is 17.2. The van der Waals surface area contributed by atoms with Crippen molar-refractivity contribution in [1.29, 1.82) is 0 Å². The molecule has 2 saturated carbocycles. The number of nitrogens with zero attached hydrogens (tertiary/aromatic N) is 1. The molecule has 5 atom stereocenters. The van der Waals surface area contributed by atoms with E-state index in [1.165, 1.54) is 26.2 Å². The van der Waals surface area contributed by atoms with Crippen molar-refractivity contribution in [2.45, 2.75) is 107 Å². The minimum absolute atomic E-state index is 0.0163. The van der Waals surface area contributed by atoms with Crippen molar-refractivity contribution in [3.05, 3.63) is 87.6 Å². The van der Waals surface area contributed by atoms with E-state index in [0.29, 0.717) is 54.5 Å². The normalized spacial score (nSPS) is 23.0. The van der Waals surface area contributed by atoms with Crippen LogP contribution in [-0.2, 0) is 34.2 Å². The van der Waals surface area contributed by atoms with Crippen LogP contribution in [0.5, 0.6) is 28.7 Å². The Balaban J connectivity index is 1.21. The number of hydrogen-bond donors (Lipinski definition) is 5. The molecule has 3 aromatic carbocycles. The molecule has 2 fully saturated rings. The van der Waals surface area contributed by atoms with Gasteiger partial charge in [-0.1, -0.05) is 43.4 Å². The van der Waals surface area contributed by atoms with Gasteiger partial charge >= 0.3 is 5.97 Å². The van der Waals surface area contributed by atoms with Crippen LogP contribution in [0.2, 0.25) is 0 Å². The first kappa shape index (κ1) is 40.0. The van der Waals surface area contributed by atoms with E-state index in [2.05, 4.69) is 40.7 Å². The number of likely N-dealkylation sites (N-methyl/N-ethyl adjacent to an activating group) is 1. The molecule has 4 bridgehead atoms. The van der Waals surface area contributed by atoms with Crippen LogP contribution in [0.15, 0.2) is 48.5 Å². The standard InChI is InChI=1S/C49H56N4O7/c1-28(54)58-27-39-36-13-14-37-45-32(19-34(55)21-43(45)57-3)24-49-17-16-29(23-49)18-31-12-15-44(50)53-40(31)11-7-8-30-20-41(56)42(22-38(30)47(39)60-48(36)46(37)49)59-35(25-51-2)26-52-33-9-5-4-6-10-33/h12-15,19-22,29,33,35,39,47,51-52,55-56H,4-6,8-10,16-18,23-27H2,1-3H3,(H2,50,53)/t29-,35-,39+,47-,49-/m1/s1. The first-order valence-electron chi connectivity index (χ1n) is 21.7. The molecule has 3 aliphatic carbocycles. The summed E-state index contributed by atoms with van der Waals surface area (Å²) in [5.41, 5.74) is 14.4. The summed E-state index contributed by atoms with van der Waals surface area (Å²) in [6.07, 6.45) is 9.75. The van der Waals surface area contributed by atoms with Gasteiger partial charge in [0, 0.05) is 66.2 Å². The number of phenols is 2. The van der Waals surface area contributed by atoms with Crippen LogP contribution in [0.3, 0.4) is 0 Å². The van der Waals surface area contributed by atoms with Crippen molar-refractivity contribution in [3.63, 3.8) is 0 Å². The van der Waals surface area contributed by atoms with Gasteiger partial charge in [-0.3, -0.25) is 4.79 Å². The van der Waals surface area contributed by atoms with E-state index < -0.39 is 6.10 Å². The second-order valence-corrected chi connectivity index (χ2v) is 17.6. The number of benzene rings is 3. The number of fused-ring (bicyclic) bond motifs is 7. The Kier molecular flexibility index (Phi) is 11.0. The predicted molar refractivity (Wildman–Crippen MR) is 230 cm³/mol. The van der Waals surface area contributed by atoms with Crippen LogP contribution in [0.4, 0.5) is 5.82 Å². The maximum atomic E-state index is 12.5. The number of methoxy groups -OCH3 is 1. The molecule has 0 saturated heterocycles. The van der Waals surface area contributed by atoms with Gasteiger partial charge in [0.05, 0.1) is 13.0 Å². The molecule has 9 rings (SSSR count). The van der Waals surface area contributed by atoms with Crippen molar-refractivity contribution < 1.29 is 34.0 Å². The Bertz CT molecular complexity index is 2360. The molecule has 0 radical (unpaired) electrons. The Morgan fingerprint density at radius 1 is 1.02 bits per heavy atom.